The SMILES string of the molecule is Nc1ccc(CC(=O)Nc2ccc(OC3CCCC3)cc2)cc1. The maximum Gasteiger partial charge on any atom is 0.228 e. The largest absolute Gasteiger partial charge is 0.490 e. The molecule has 0 radical (unpaired) electrons. The van der Waals surface area contributed by atoms with E-state index in [9.17, 15) is 4.79 Å². The van der Waals surface area contributed by atoms with Crippen molar-refractivity contribution >= 4 is 17.3 Å². The van der Waals surface area contributed by atoms with Gasteiger partial charge in [-0.1, -0.05) is 12.1 Å². The van der Waals surface area contributed by atoms with Crippen molar-refractivity contribution in [3.8, 4) is 5.75 Å². The van der Waals surface area contributed by atoms with Crippen LogP contribution in [0.1, 0.15) is 31.2 Å². The second kappa shape index (κ2) is 7.18. The third-order valence-corrected chi connectivity index (χ3v) is 4.09. The first-order chi connectivity index (χ1) is 11.2. The highest BCUT2D eigenvalue weighted by molar-refractivity contribution is 5.92. The van der Waals surface area contributed by atoms with Crippen LogP contribution in [-0.4, -0.2) is 12.0 Å². The van der Waals surface area contributed by atoms with Crippen molar-refractivity contribution in [1.82, 2.24) is 0 Å². The summed E-state index contributed by atoms with van der Waals surface area (Å²) in [6.45, 7) is 0. The highest BCUT2D eigenvalue weighted by Crippen LogP contribution is 2.25. The molecule has 0 aliphatic heterocycles. The minimum absolute atomic E-state index is 0.0424. The van der Waals surface area contributed by atoms with Gasteiger partial charge in [-0.3, -0.25) is 4.79 Å². The maximum atomic E-state index is 12.1. The molecule has 120 valence electrons. The molecule has 1 aliphatic carbocycles. The molecule has 1 fully saturated rings. The number of nitrogens with one attached hydrogen (secondary N) is 1. The second-order valence-corrected chi connectivity index (χ2v) is 6.02. The summed E-state index contributed by atoms with van der Waals surface area (Å²) in [6, 6.07) is 14.9. The number of rotatable bonds is 5. The van der Waals surface area contributed by atoms with E-state index in [0.29, 0.717) is 18.2 Å². The summed E-state index contributed by atoms with van der Waals surface area (Å²) in [5.74, 6) is 0.827. The predicted molar refractivity (Wildman–Crippen MR) is 92.5 cm³/mol. The maximum absolute atomic E-state index is 12.1. The Labute approximate surface area is 136 Å². The zero-order valence-corrected chi connectivity index (χ0v) is 13.1. The van der Waals surface area contributed by atoms with Crippen LogP contribution in [0, 0.1) is 0 Å². The number of nitrogen functional groups attached to an aromatic ring is 1. The Morgan fingerprint density at radius 3 is 2.35 bits per heavy atom. The molecule has 1 saturated carbocycles. The van der Waals surface area contributed by atoms with Gasteiger partial charge in [0, 0.05) is 11.4 Å². The van der Waals surface area contributed by atoms with Crippen molar-refractivity contribution in [1.29, 1.82) is 0 Å². The van der Waals surface area contributed by atoms with E-state index < -0.39 is 0 Å². The summed E-state index contributed by atoms with van der Waals surface area (Å²) in [7, 11) is 0. The van der Waals surface area contributed by atoms with E-state index in [-0.39, 0.29) is 5.91 Å². The Bertz CT molecular complexity index is 644. The fourth-order valence-electron chi connectivity index (χ4n) is 2.84. The fourth-order valence-corrected chi connectivity index (χ4v) is 2.84. The highest BCUT2D eigenvalue weighted by atomic mass is 16.5. The Balaban J connectivity index is 1.52. The van der Waals surface area contributed by atoms with Crippen LogP contribution in [0.5, 0.6) is 5.75 Å². The van der Waals surface area contributed by atoms with E-state index in [0.717, 1.165) is 29.8 Å². The number of hydrogen-bond acceptors (Lipinski definition) is 3. The average Bonchev–Trinajstić information content (AvgIpc) is 3.04. The van der Waals surface area contributed by atoms with Gasteiger partial charge in [0.25, 0.3) is 0 Å². The summed E-state index contributed by atoms with van der Waals surface area (Å²) in [4.78, 5) is 12.1. The van der Waals surface area contributed by atoms with E-state index in [4.69, 9.17) is 10.5 Å². The van der Waals surface area contributed by atoms with Crippen molar-refractivity contribution in [2.75, 3.05) is 11.1 Å². The summed E-state index contributed by atoms with van der Waals surface area (Å²) in [5, 5.41) is 2.90. The molecule has 1 amide bonds. The van der Waals surface area contributed by atoms with E-state index >= 15 is 0 Å². The molecule has 4 heteroatoms. The predicted octanol–water partition coefficient (Wildman–Crippen LogP) is 3.77. The van der Waals surface area contributed by atoms with Gasteiger partial charge in [-0.2, -0.15) is 0 Å². The first-order valence-electron chi connectivity index (χ1n) is 8.10. The zero-order chi connectivity index (χ0) is 16.1. The zero-order valence-electron chi connectivity index (χ0n) is 13.1. The fraction of sp³-hybridized carbons (Fsp3) is 0.316. The number of ether oxygens (including phenoxy) is 1. The lowest BCUT2D eigenvalue weighted by molar-refractivity contribution is -0.115. The molecule has 2 aromatic rings. The molecule has 0 bridgehead atoms. The van der Waals surface area contributed by atoms with Crippen molar-refractivity contribution in [3.63, 3.8) is 0 Å². The Kier molecular flexibility index (Phi) is 4.81. The molecule has 0 saturated heterocycles. The van der Waals surface area contributed by atoms with Crippen LogP contribution in [0.2, 0.25) is 0 Å². The van der Waals surface area contributed by atoms with Gasteiger partial charge in [0.05, 0.1) is 12.5 Å². The standard InChI is InChI=1S/C19H22N2O2/c20-15-7-5-14(6-8-15)13-19(22)21-16-9-11-18(12-10-16)23-17-3-1-2-4-17/h5-12,17H,1-4,13,20H2,(H,21,22). The number of carbonyl (C=O) groups excluding carboxylic acids is 1. The molecule has 4 nitrogen and oxygen atoms in total. The minimum Gasteiger partial charge on any atom is -0.490 e. The summed E-state index contributed by atoms with van der Waals surface area (Å²) >= 11 is 0. The minimum atomic E-state index is -0.0424. The van der Waals surface area contributed by atoms with E-state index in [1.807, 2.05) is 36.4 Å². The van der Waals surface area contributed by atoms with Gasteiger partial charge >= 0.3 is 0 Å². The first kappa shape index (κ1) is 15.4. The number of carbonyl (C=O) groups is 1. The molecule has 2 aromatic carbocycles. The molecule has 0 aromatic heterocycles. The first-order valence-corrected chi connectivity index (χ1v) is 8.10. The highest BCUT2D eigenvalue weighted by Gasteiger charge is 2.16. The van der Waals surface area contributed by atoms with Crippen LogP contribution in [0.15, 0.2) is 48.5 Å². The topological polar surface area (TPSA) is 64.4 Å². The van der Waals surface area contributed by atoms with Gasteiger partial charge in [-0.15, -0.1) is 0 Å². The average molecular weight is 310 g/mol. The van der Waals surface area contributed by atoms with Crippen molar-refractivity contribution in [3.05, 3.63) is 54.1 Å². The normalized spacial score (nSPS) is 14.6. The van der Waals surface area contributed by atoms with Crippen LogP contribution in [0.4, 0.5) is 11.4 Å². The summed E-state index contributed by atoms with van der Waals surface area (Å²) < 4.78 is 5.92. The molecule has 3 N–H and O–H groups in total. The Morgan fingerprint density at radius 2 is 1.70 bits per heavy atom. The monoisotopic (exact) mass is 310 g/mol. The molecule has 0 unspecified atom stereocenters. The van der Waals surface area contributed by atoms with E-state index in [1.165, 1.54) is 12.8 Å². The van der Waals surface area contributed by atoms with Gasteiger partial charge in [0.1, 0.15) is 5.75 Å². The summed E-state index contributed by atoms with van der Waals surface area (Å²) in [5.41, 5.74) is 8.07. The number of nitrogens with two attached hydrogens (primary N) is 1. The van der Waals surface area contributed by atoms with Crippen molar-refractivity contribution < 1.29 is 9.53 Å². The molecule has 23 heavy (non-hydrogen) atoms. The van der Waals surface area contributed by atoms with Gasteiger partial charge in [-0.25, -0.2) is 0 Å². The Morgan fingerprint density at radius 1 is 1.04 bits per heavy atom. The van der Waals surface area contributed by atoms with Crippen LogP contribution < -0.4 is 15.8 Å². The Hall–Kier alpha value is -2.49. The van der Waals surface area contributed by atoms with E-state index in [1.54, 1.807) is 12.1 Å². The number of hydrogen-bond donors (Lipinski definition) is 2. The van der Waals surface area contributed by atoms with Crippen molar-refractivity contribution in [2.24, 2.45) is 0 Å². The quantitative estimate of drug-likeness (QED) is 0.826. The van der Waals surface area contributed by atoms with E-state index in [2.05, 4.69) is 5.32 Å². The third kappa shape index (κ3) is 4.49. The van der Waals surface area contributed by atoms with Crippen LogP contribution in [-0.2, 0) is 11.2 Å². The lowest BCUT2D eigenvalue weighted by Gasteiger charge is -2.13. The molecular formula is C19H22N2O2. The van der Waals surface area contributed by atoms with Gasteiger partial charge < -0.3 is 15.8 Å². The number of anilines is 2. The molecule has 1 aliphatic rings. The molecule has 0 heterocycles. The summed E-state index contributed by atoms with van der Waals surface area (Å²) in [6.07, 6.45) is 5.47. The van der Waals surface area contributed by atoms with Crippen LogP contribution in [0.25, 0.3) is 0 Å². The second-order valence-electron chi connectivity index (χ2n) is 6.02. The van der Waals surface area contributed by atoms with Crippen molar-refractivity contribution in [2.45, 2.75) is 38.2 Å². The molecule has 0 spiro atoms. The lowest BCUT2D eigenvalue weighted by Crippen LogP contribution is -2.14. The molecule has 0 atom stereocenters. The molecule has 3 rings (SSSR count). The third-order valence-electron chi connectivity index (χ3n) is 4.09. The molecular weight excluding hydrogens is 288 g/mol. The number of amides is 1. The van der Waals surface area contributed by atoms with Gasteiger partial charge in [-0.05, 0) is 67.6 Å². The smallest absolute Gasteiger partial charge is 0.228 e. The number of benzene rings is 2. The van der Waals surface area contributed by atoms with Crippen LogP contribution >= 0.6 is 0 Å². The lowest BCUT2D eigenvalue weighted by atomic mass is 10.1. The van der Waals surface area contributed by atoms with Crippen LogP contribution in [0.3, 0.4) is 0 Å². The van der Waals surface area contributed by atoms with Gasteiger partial charge in [0.15, 0.2) is 0 Å². The van der Waals surface area contributed by atoms with Gasteiger partial charge in [0.2, 0.25) is 5.91 Å².